The Morgan fingerprint density at radius 1 is 0.700 bits per heavy atom. The van der Waals surface area contributed by atoms with Gasteiger partial charge in [0.1, 0.15) is 0 Å². The van der Waals surface area contributed by atoms with Crippen LogP contribution < -0.4 is 10.6 Å². The number of aromatic hydroxyl groups is 2. The quantitative estimate of drug-likeness (QED) is 0.153. The van der Waals surface area contributed by atoms with Crippen LogP contribution in [0.1, 0.15) is 34.3 Å². The van der Waals surface area contributed by atoms with Crippen LogP contribution in [0.4, 0.5) is 11.4 Å². The lowest BCUT2D eigenvalue weighted by Crippen LogP contribution is -2.42. The van der Waals surface area contributed by atoms with Crippen LogP contribution in [0.15, 0.2) is 113 Å². The second kappa shape index (κ2) is 13.4. The van der Waals surface area contributed by atoms with Gasteiger partial charge in [0.05, 0.1) is 15.4 Å². The molecule has 5 aromatic rings. The lowest BCUT2D eigenvalue weighted by molar-refractivity contribution is 0.102. The van der Waals surface area contributed by atoms with Crippen molar-refractivity contribution in [1.82, 2.24) is 8.61 Å². The minimum atomic E-state index is -4.13. The van der Waals surface area contributed by atoms with Crippen LogP contribution in [-0.2, 0) is 33.0 Å². The van der Waals surface area contributed by atoms with Gasteiger partial charge in [-0.2, -0.15) is 8.61 Å². The van der Waals surface area contributed by atoms with Gasteiger partial charge in [0.2, 0.25) is 20.0 Å². The molecule has 0 aliphatic carbocycles. The number of nitrogens with one attached hydrogen (secondary N) is 2. The molecule has 0 atom stereocenters. The molecular weight excluding hydrogens is 677 g/mol. The van der Waals surface area contributed by atoms with Crippen LogP contribution in [0.3, 0.4) is 0 Å². The second-order valence-electron chi connectivity index (χ2n) is 12.5. The Hall–Kier alpha value is -4.95. The first-order valence-corrected chi connectivity index (χ1v) is 19.2. The molecule has 0 bridgehead atoms. The normalized spacial score (nSPS) is 16.2. The molecule has 1 fully saturated rings. The zero-order valence-corrected chi connectivity index (χ0v) is 28.6. The first-order chi connectivity index (χ1) is 24.0. The van der Waals surface area contributed by atoms with Gasteiger partial charge in [-0.25, -0.2) is 16.8 Å². The number of anilines is 2. The number of hydrogen-bond acceptors (Lipinski definition) is 8. The highest BCUT2D eigenvalue weighted by atomic mass is 32.2. The molecular formula is C37H36N4O7S2. The lowest BCUT2D eigenvalue weighted by atomic mass is 10.0. The molecule has 11 nitrogen and oxygen atoms in total. The topological polar surface area (TPSA) is 156 Å². The van der Waals surface area contributed by atoms with Gasteiger partial charge >= 0.3 is 0 Å². The molecule has 13 heteroatoms. The number of phenols is 2. The van der Waals surface area contributed by atoms with Crippen LogP contribution in [-0.4, -0.2) is 67.2 Å². The molecule has 1 amide bonds. The van der Waals surface area contributed by atoms with Gasteiger partial charge in [-0.3, -0.25) is 4.79 Å². The lowest BCUT2D eigenvalue weighted by Gasteiger charge is -2.32. The van der Waals surface area contributed by atoms with E-state index in [0.29, 0.717) is 32.4 Å². The molecule has 2 aliphatic heterocycles. The van der Waals surface area contributed by atoms with Gasteiger partial charge in [-0.1, -0.05) is 60.7 Å². The van der Waals surface area contributed by atoms with Crippen LogP contribution >= 0.6 is 0 Å². The van der Waals surface area contributed by atoms with E-state index in [-0.39, 0.29) is 34.6 Å². The number of rotatable bonds is 8. The summed E-state index contributed by atoms with van der Waals surface area (Å²) in [5.41, 5.74) is 2.71. The van der Waals surface area contributed by atoms with Crippen molar-refractivity contribution in [1.29, 1.82) is 0 Å². The van der Waals surface area contributed by atoms with Crippen molar-refractivity contribution < 1.29 is 31.8 Å². The number of fused-ring (bicyclic) bond motifs is 2. The number of benzene rings is 5. The summed E-state index contributed by atoms with van der Waals surface area (Å²) >= 11 is 0. The summed E-state index contributed by atoms with van der Waals surface area (Å²) in [6.07, 6.45) is 1.78. The Labute approximate surface area is 290 Å². The second-order valence-corrected chi connectivity index (χ2v) is 16.4. The number of carbonyl (C=O) groups is 1. The van der Waals surface area contributed by atoms with Crippen molar-refractivity contribution in [3.63, 3.8) is 0 Å². The molecule has 0 radical (unpaired) electrons. The van der Waals surface area contributed by atoms with E-state index in [0.717, 1.165) is 39.7 Å². The highest BCUT2D eigenvalue weighted by Gasteiger charge is 2.32. The summed E-state index contributed by atoms with van der Waals surface area (Å²) in [4.78, 5) is 13.0. The molecule has 7 rings (SSSR count). The van der Waals surface area contributed by atoms with Crippen LogP contribution in [0.5, 0.6) is 11.5 Å². The third-order valence-electron chi connectivity index (χ3n) is 9.39. The number of sulfonamides is 2. The zero-order chi connectivity index (χ0) is 35.0. The van der Waals surface area contributed by atoms with Crippen molar-refractivity contribution in [2.45, 2.75) is 41.6 Å². The molecule has 1 saturated heterocycles. The maximum atomic E-state index is 13.5. The van der Waals surface area contributed by atoms with Gasteiger partial charge in [-0.15, -0.1) is 0 Å². The van der Waals surface area contributed by atoms with Crippen molar-refractivity contribution in [2.24, 2.45) is 0 Å². The Balaban J connectivity index is 1.01. The van der Waals surface area contributed by atoms with E-state index in [1.807, 2.05) is 48.5 Å². The van der Waals surface area contributed by atoms with E-state index < -0.39 is 43.0 Å². The highest BCUT2D eigenvalue weighted by molar-refractivity contribution is 7.89. The minimum Gasteiger partial charge on any atom is -0.504 e. The Morgan fingerprint density at radius 3 is 2.12 bits per heavy atom. The van der Waals surface area contributed by atoms with E-state index in [4.69, 9.17) is 0 Å². The molecule has 5 aromatic carbocycles. The molecule has 50 heavy (non-hydrogen) atoms. The molecule has 2 aliphatic rings. The smallest absolute Gasteiger partial charge is 0.259 e. The molecule has 0 unspecified atom stereocenters. The fourth-order valence-electron chi connectivity index (χ4n) is 6.61. The fraction of sp³-hybridized carbons (Fsp3) is 0.216. The highest BCUT2D eigenvalue weighted by Crippen LogP contribution is 2.35. The van der Waals surface area contributed by atoms with Gasteiger partial charge in [0, 0.05) is 55.0 Å². The van der Waals surface area contributed by atoms with Crippen molar-refractivity contribution >= 4 is 48.1 Å². The number of nitrogens with zero attached hydrogens (tertiary/aromatic N) is 2. The van der Waals surface area contributed by atoms with Crippen molar-refractivity contribution in [3.05, 3.63) is 120 Å². The first kappa shape index (κ1) is 33.5. The van der Waals surface area contributed by atoms with E-state index in [9.17, 15) is 31.8 Å². The predicted octanol–water partition coefficient (Wildman–Crippen LogP) is 5.52. The number of phenolic OH excluding ortho intramolecular Hbond substituents is 2. The Kier molecular flexibility index (Phi) is 8.99. The number of piperidine rings is 1. The maximum Gasteiger partial charge on any atom is 0.259 e. The Bertz CT molecular complexity index is 2300. The third kappa shape index (κ3) is 6.52. The van der Waals surface area contributed by atoms with E-state index in [2.05, 4.69) is 28.8 Å². The predicted molar refractivity (Wildman–Crippen MR) is 191 cm³/mol. The van der Waals surface area contributed by atoms with Gasteiger partial charge in [0.25, 0.3) is 5.91 Å². The summed E-state index contributed by atoms with van der Waals surface area (Å²) in [6.45, 7) is 1.04. The van der Waals surface area contributed by atoms with E-state index in [1.165, 1.54) is 32.9 Å². The first-order valence-electron chi connectivity index (χ1n) is 16.3. The van der Waals surface area contributed by atoms with Gasteiger partial charge in [0.15, 0.2) is 11.5 Å². The molecule has 258 valence electrons. The SMILES string of the molecule is O=C(Nc1ccc(S(=O)(=O)N2CCC(Nc3cccc4ccccc34)CC2)cc1)c1cc(S(=O)(=O)N2CCc3ccccc3C2)cc(O)c1O. The van der Waals surface area contributed by atoms with E-state index in [1.54, 1.807) is 0 Å². The third-order valence-corrected chi connectivity index (χ3v) is 13.1. The summed E-state index contributed by atoms with van der Waals surface area (Å²) in [5.74, 6) is -2.41. The standard InChI is InChI=1S/C37H36N4O7S2/c42-35-23-31(50(47,48)41-19-16-25-6-1-2-8-27(25)24-41)22-33(36(35)43)37(44)39-28-12-14-30(15-13-28)49(45,46)40-20-17-29(18-21-40)38-34-11-5-9-26-7-3-4-10-32(26)34/h1-15,22-23,29,38,42-43H,16-21,24H2,(H,39,44). The summed E-state index contributed by atoms with van der Waals surface area (Å²) < 4.78 is 56.8. The monoisotopic (exact) mass is 712 g/mol. The average molecular weight is 713 g/mol. The maximum absolute atomic E-state index is 13.5. The average Bonchev–Trinajstić information content (AvgIpc) is 3.13. The number of amides is 1. The molecule has 4 N–H and O–H groups in total. The van der Waals surface area contributed by atoms with Gasteiger partial charge in [-0.05, 0) is 72.2 Å². The largest absolute Gasteiger partial charge is 0.504 e. The van der Waals surface area contributed by atoms with Crippen molar-refractivity contribution in [2.75, 3.05) is 30.3 Å². The Morgan fingerprint density at radius 2 is 1.36 bits per heavy atom. The molecule has 0 aromatic heterocycles. The van der Waals surface area contributed by atoms with Gasteiger partial charge < -0.3 is 20.8 Å². The minimum absolute atomic E-state index is 0.0626. The molecule has 0 spiro atoms. The van der Waals surface area contributed by atoms with E-state index >= 15 is 0 Å². The fourth-order valence-corrected chi connectivity index (χ4v) is 9.54. The van der Waals surface area contributed by atoms with Crippen LogP contribution in [0.25, 0.3) is 10.8 Å². The zero-order valence-electron chi connectivity index (χ0n) is 27.0. The number of hydrogen-bond donors (Lipinski definition) is 4. The molecule has 0 saturated carbocycles. The summed E-state index contributed by atoms with van der Waals surface area (Å²) in [6, 6.07) is 29.4. The summed E-state index contributed by atoms with van der Waals surface area (Å²) in [5, 5.41) is 29.3. The summed E-state index contributed by atoms with van der Waals surface area (Å²) in [7, 11) is -7.93. The van der Waals surface area contributed by atoms with Crippen molar-refractivity contribution in [3.8, 4) is 11.5 Å². The molecule has 2 heterocycles. The van der Waals surface area contributed by atoms with Crippen LogP contribution in [0.2, 0.25) is 0 Å². The number of carbonyl (C=O) groups excluding carboxylic acids is 1. The van der Waals surface area contributed by atoms with Crippen LogP contribution in [0, 0.1) is 0 Å².